The van der Waals surface area contributed by atoms with Gasteiger partial charge in [-0.05, 0) is 25.1 Å². The molecule has 1 fully saturated rings. The smallest absolute Gasteiger partial charge is 0.246 e. The number of pyridine rings is 1. The lowest BCUT2D eigenvalue weighted by atomic mass is 10.2. The monoisotopic (exact) mass is 439 g/mol. The van der Waals surface area contributed by atoms with Gasteiger partial charge in [0.2, 0.25) is 10.0 Å². The number of para-hydroxylation sites is 1. The van der Waals surface area contributed by atoms with Gasteiger partial charge in [-0.2, -0.15) is 4.31 Å². The summed E-state index contributed by atoms with van der Waals surface area (Å²) in [5.74, 6) is 1.31. The van der Waals surface area contributed by atoms with Crippen molar-refractivity contribution in [2.24, 2.45) is 0 Å². The highest BCUT2D eigenvalue weighted by molar-refractivity contribution is 7.89. The molecule has 8 nitrogen and oxygen atoms in total. The Kier molecular flexibility index (Phi) is 6.26. The molecule has 0 aliphatic carbocycles. The van der Waals surface area contributed by atoms with E-state index in [1.165, 1.54) is 10.5 Å². The molecule has 162 valence electrons. The molecule has 4 rings (SSSR count). The van der Waals surface area contributed by atoms with Gasteiger partial charge in [-0.25, -0.2) is 18.4 Å². The molecule has 2 aromatic heterocycles. The van der Waals surface area contributed by atoms with Gasteiger partial charge < -0.3 is 4.74 Å². The van der Waals surface area contributed by atoms with Crippen LogP contribution in [0.5, 0.6) is 5.75 Å². The third kappa shape index (κ3) is 4.58. The molecule has 1 aromatic carbocycles. The van der Waals surface area contributed by atoms with Crippen LogP contribution in [0, 0.1) is 6.92 Å². The van der Waals surface area contributed by atoms with Crippen LogP contribution in [0.1, 0.15) is 11.3 Å². The van der Waals surface area contributed by atoms with Crippen molar-refractivity contribution in [3.05, 3.63) is 66.2 Å². The summed E-state index contributed by atoms with van der Waals surface area (Å²) in [5, 5.41) is 0. The number of piperazine rings is 1. The number of aromatic nitrogens is 3. The maximum absolute atomic E-state index is 13.2. The SMILES string of the molecule is COc1ccccc1CN1CCN(S(=O)(=O)c2cnc(-c3cccnc3)nc2C)CC1. The number of hydrogen-bond donors (Lipinski definition) is 0. The second-order valence-electron chi connectivity index (χ2n) is 7.38. The zero-order valence-electron chi connectivity index (χ0n) is 17.6. The summed E-state index contributed by atoms with van der Waals surface area (Å²) in [6.07, 6.45) is 4.73. The number of hydrogen-bond acceptors (Lipinski definition) is 7. The Hall–Kier alpha value is -2.88. The Bertz CT molecular complexity index is 1150. The van der Waals surface area contributed by atoms with Crippen molar-refractivity contribution in [2.75, 3.05) is 33.3 Å². The van der Waals surface area contributed by atoms with Crippen molar-refractivity contribution >= 4 is 10.0 Å². The zero-order valence-corrected chi connectivity index (χ0v) is 18.4. The standard InChI is InChI=1S/C22H25N5O3S/c1-17-21(15-24-22(25-17)18-7-5-9-23-14-18)31(28,29)27-12-10-26(11-13-27)16-19-6-3-4-8-20(19)30-2/h3-9,14-15H,10-13,16H2,1-2H3. The highest BCUT2D eigenvalue weighted by Crippen LogP contribution is 2.24. The van der Waals surface area contributed by atoms with Crippen molar-refractivity contribution in [1.29, 1.82) is 0 Å². The van der Waals surface area contributed by atoms with Crippen molar-refractivity contribution < 1.29 is 13.2 Å². The van der Waals surface area contributed by atoms with Gasteiger partial charge >= 0.3 is 0 Å². The summed E-state index contributed by atoms with van der Waals surface area (Å²) in [6.45, 7) is 4.55. The molecule has 0 radical (unpaired) electrons. The van der Waals surface area contributed by atoms with Gasteiger partial charge in [-0.3, -0.25) is 9.88 Å². The fourth-order valence-electron chi connectivity index (χ4n) is 3.68. The lowest BCUT2D eigenvalue weighted by molar-refractivity contribution is 0.180. The van der Waals surface area contributed by atoms with E-state index in [1.54, 1.807) is 32.5 Å². The van der Waals surface area contributed by atoms with Crippen LogP contribution in [-0.2, 0) is 16.6 Å². The molecule has 0 N–H and O–H groups in total. The molecule has 3 heterocycles. The molecule has 0 spiro atoms. The van der Waals surface area contributed by atoms with Crippen LogP contribution >= 0.6 is 0 Å². The predicted molar refractivity (Wildman–Crippen MR) is 117 cm³/mol. The predicted octanol–water partition coefficient (Wildman–Crippen LogP) is 2.36. The lowest BCUT2D eigenvalue weighted by Crippen LogP contribution is -2.48. The van der Waals surface area contributed by atoms with Crippen LogP contribution in [0.4, 0.5) is 0 Å². The first-order valence-corrected chi connectivity index (χ1v) is 11.5. The van der Waals surface area contributed by atoms with Gasteiger partial charge in [0.05, 0.1) is 19.0 Å². The van der Waals surface area contributed by atoms with E-state index in [4.69, 9.17) is 4.74 Å². The average Bonchev–Trinajstić information content (AvgIpc) is 2.80. The topological polar surface area (TPSA) is 88.5 Å². The number of methoxy groups -OCH3 is 1. The molecule has 1 aliphatic rings. The molecule has 31 heavy (non-hydrogen) atoms. The van der Waals surface area contributed by atoms with Crippen molar-refractivity contribution in [3.63, 3.8) is 0 Å². The first-order valence-electron chi connectivity index (χ1n) is 10.1. The highest BCUT2D eigenvalue weighted by Gasteiger charge is 2.30. The summed E-state index contributed by atoms with van der Waals surface area (Å²) in [6, 6.07) is 11.5. The maximum atomic E-state index is 13.2. The number of ether oxygens (including phenoxy) is 1. The Labute approximate surface area is 182 Å². The van der Waals surface area contributed by atoms with Crippen molar-refractivity contribution in [1.82, 2.24) is 24.2 Å². The van der Waals surface area contributed by atoms with E-state index < -0.39 is 10.0 Å². The molecule has 0 amide bonds. The summed E-state index contributed by atoms with van der Waals surface area (Å²) < 4.78 is 33.4. The zero-order chi connectivity index (χ0) is 21.8. The fourth-order valence-corrected chi connectivity index (χ4v) is 5.21. The minimum absolute atomic E-state index is 0.151. The molecule has 0 bridgehead atoms. The van der Waals surface area contributed by atoms with Gasteiger partial charge in [0.25, 0.3) is 0 Å². The third-order valence-corrected chi connectivity index (χ3v) is 7.39. The van der Waals surface area contributed by atoms with E-state index in [1.807, 2.05) is 30.3 Å². The Morgan fingerprint density at radius 2 is 1.81 bits per heavy atom. The van der Waals surface area contributed by atoms with Gasteiger partial charge in [0.15, 0.2) is 5.82 Å². The van der Waals surface area contributed by atoms with Crippen molar-refractivity contribution in [3.8, 4) is 17.1 Å². The van der Waals surface area contributed by atoms with E-state index >= 15 is 0 Å². The molecule has 9 heteroatoms. The molecule has 1 aliphatic heterocycles. The van der Waals surface area contributed by atoms with Crippen LogP contribution in [0.25, 0.3) is 11.4 Å². The van der Waals surface area contributed by atoms with Crippen molar-refractivity contribution in [2.45, 2.75) is 18.4 Å². The minimum atomic E-state index is -3.66. The van der Waals surface area contributed by atoms with E-state index in [9.17, 15) is 8.42 Å². The Morgan fingerprint density at radius 1 is 1.03 bits per heavy atom. The molecular weight excluding hydrogens is 414 g/mol. The number of aryl methyl sites for hydroxylation is 1. The quantitative estimate of drug-likeness (QED) is 0.583. The molecule has 0 unspecified atom stereocenters. The summed E-state index contributed by atoms with van der Waals surface area (Å²) in [4.78, 5) is 15.1. The van der Waals surface area contributed by atoms with Crippen LogP contribution in [-0.4, -0.2) is 65.9 Å². The summed E-state index contributed by atoms with van der Waals surface area (Å²) in [7, 11) is -2.00. The van der Waals surface area contributed by atoms with Crippen LogP contribution in [0.15, 0.2) is 59.9 Å². The van der Waals surface area contributed by atoms with Crippen LogP contribution in [0.3, 0.4) is 0 Å². The molecule has 0 saturated carbocycles. The third-order valence-electron chi connectivity index (χ3n) is 5.39. The second kappa shape index (κ2) is 9.09. The first kappa shape index (κ1) is 21.4. The Balaban J connectivity index is 1.45. The number of rotatable bonds is 6. The maximum Gasteiger partial charge on any atom is 0.246 e. The molecular formula is C22H25N5O3S. The Morgan fingerprint density at radius 3 is 2.48 bits per heavy atom. The first-order chi connectivity index (χ1) is 15.0. The normalized spacial score (nSPS) is 15.7. The highest BCUT2D eigenvalue weighted by atomic mass is 32.2. The molecule has 1 saturated heterocycles. The van der Waals surface area contributed by atoms with E-state index in [-0.39, 0.29) is 4.90 Å². The molecule has 3 aromatic rings. The van der Waals surface area contributed by atoms with Crippen LogP contribution < -0.4 is 4.74 Å². The van der Waals surface area contributed by atoms with Gasteiger partial charge in [-0.15, -0.1) is 0 Å². The van der Waals surface area contributed by atoms with Gasteiger partial charge in [-0.1, -0.05) is 18.2 Å². The van der Waals surface area contributed by atoms with Gasteiger partial charge in [0.1, 0.15) is 10.6 Å². The fraction of sp³-hybridized carbons (Fsp3) is 0.318. The van der Waals surface area contributed by atoms with E-state index in [2.05, 4.69) is 19.9 Å². The van der Waals surface area contributed by atoms with E-state index in [0.29, 0.717) is 37.7 Å². The molecule has 0 atom stereocenters. The lowest BCUT2D eigenvalue weighted by Gasteiger charge is -2.34. The number of benzene rings is 1. The van der Waals surface area contributed by atoms with E-state index in [0.717, 1.165) is 23.4 Å². The largest absolute Gasteiger partial charge is 0.496 e. The van der Waals surface area contributed by atoms with Gasteiger partial charge in [0, 0.05) is 56.2 Å². The summed E-state index contributed by atoms with van der Waals surface area (Å²) in [5.41, 5.74) is 2.28. The second-order valence-corrected chi connectivity index (χ2v) is 9.28. The minimum Gasteiger partial charge on any atom is -0.496 e. The van der Waals surface area contributed by atoms with Crippen LogP contribution in [0.2, 0.25) is 0 Å². The number of sulfonamides is 1. The number of nitrogens with zero attached hydrogens (tertiary/aromatic N) is 5. The average molecular weight is 440 g/mol. The summed E-state index contributed by atoms with van der Waals surface area (Å²) >= 11 is 0.